The minimum absolute atomic E-state index is 0.149. The lowest BCUT2D eigenvalue weighted by Gasteiger charge is -2.36. The molecule has 3 unspecified atom stereocenters. The average molecular weight is 445 g/mol. The van der Waals surface area contributed by atoms with Gasteiger partial charge in [0.25, 0.3) is 5.24 Å². The van der Waals surface area contributed by atoms with Crippen LogP contribution in [0.2, 0.25) is 0 Å². The second-order valence-corrected chi connectivity index (χ2v) is 8.98. The van der Waals surface area contributed by atoms with Gasteiger partial charge in [-0.1, -0.05) is 36.0 Å². The molecule has 2 aliphatic rings. The average Bonchev–Trinajstić information content (AvgIpc) is 3.09. The van der Waals surface area contributed by atoms with Gasteiger partial charge in [0.05, 0.1) is 18.0 Å². The topological polar surface area (TPSA) is 67.9 Å². The van der Waals surface area contributed by atoms with E-state index in [9.17, 15) is 14.0 Å². The maximum absolute atomic E-state index is 13.5. The van der Waals surface area contributed by atoms with Crippen LogP contribution in [0.4, 0.5) is 9.18 Å². The van der Waals surface area contributed by atoms with Crippen LogP contribution >= 0.6 is 11.8 Å². The van der Waals surface area contributed by atoms with Crippen LogP contribution in [0.1, 0.15) is 24.2 Å². The summed E-state index contributed by atoms with van der Waals surface area (Å²) in [6.07, 6.45) is 0.359. The van der Waals surface area contributed by atoms with E-state index in [1.54, 1.807) is 6.07 Å². The molecule has 6 nitrogen and oxygen atoms in total. The van der Waals surface area contributed by atoms with Crippen LogP contribution in [-0.2, 0) is 16.0 Å². The summed E-state index contributed by atoms with van der Waals surface area (Å²) in [5.41, 5.74) is 1.83. The molecule has 4 rings (SSSR count). The van der Waals surface area contributed by atoms with Gasteiger partial charge in [0.15, 0.2) is 0 Å². The molecule has 3 atom stereocenters. The van der Waals surface area contributed by atoms with Crippen molar-refractivity contribution in [2.24, 2.45) is 0 Å². The molecule has 0 radical (unpaired) electrons. The van der Waals surface area contributed by atoms with E-state index in [2.05, 4.69) is 17.1 Å². The standard InChI is InChI=1S/C23H25FN2O4S/c1-15(26-9-10-29-20(13-26)17-3-2-4-18(24)12-17)14-30-19-7-5-16(6-8-19)11-21-22(27)25-23(28)31-21/h2-8,12,15,20-21H,9-11,13-14H2,1H3,(H,25,27,28). The minimum atomic E-state index is -0.369. The smallest absolute Gasteiger partial charge is 0.286 e. The Labute approximate surface area is 185 Å². The fourth-order valence-corrected chi connectivity index (χ4v) is 4.62. The summed E-state index contributed by atoms with van der Waals surface area (Å²) in [6.45, 7) is 4.71. The van der Waals surface area contributed by atoms with Crippen molar-refractivity contribution in [3.8, 4) is 5.75 Å². The Balaban J connectivity index is 1.27. The lowest BCUT2D eigenvalue weighted by atomic mass is 10.1. The van der Waals surface area contributed by atoms with Gasteiger partial charge in [0, 0.05) is 19.1 Å². The van der Waals surface area contributed by atoms with Crippen LogP contribution in [0.3, 0.4) is 0 Å². The van der Waals surface area contributed by atoms with Crippen molar-refractivity contribution in [2.45, 2.75) is 30.7 Å². The number of ether oxygens (including phenoxy) is 2. The van der Waals surface area contributed by atoms with Crippen LogP contribution < -0.4 is 10.1 Å². The summed E-state index contributed by atoms with van der Waals surface area (Å²) in [5, 5.41) is 1.65. The first-order valence-electron chi connectivity index (χ1n) is 10.3. The zero-order valence-corrected chi connectivity index (χ0v) is 18.1. The van der Waals surface area contributed by atoms with Gasteiger partial charge in [-0.25, -0.2) is 4.39 Å². The number of halogens is 1. The van der Waals surface area contributed by atoms with Crippen LogP contribution in [0.25, 0.3) is 0 Å². The van der Waals surface area contributed by atoms with Crippen molar-refractivity contribution < 1.29 is 23.5 Å². The molecule has 0 aromatic heterocycles. The molecule has 2 amide bonds. The summed E-state index contributed by atoms with van der Waals surface area (Å²) in [4.78, 5) is 25.3. The van der Waals surface area contributed by atoms with Crippen molar-refractivity contribution in [3.05, 3.63) is 65.5 Å². The van der Waals surface area contributed by atoms with E-state index in [1.165, 1.54) is 12.1 Å². The molecule has 1 N–H and O–H groups in total. The Kier molecular flexibility index (Phi) is 6.89. The Bertz CT molecular complexity index is 939. The number of thioether (sulfide) groups is 1. The number of carbonyl (C=O) groups excluding carboxylic acids is 2. The van der Waals surface area contributed by atoms with E-state index < -0.39 is 0 Å². The van der Waals surface area contributed by atoms with Crippen LogP contribution in [0.5, 0.6) is 5.75 Å². The molecule has 31 heavy (non-hydrogen) atoms. The van der Waals surface area contributed by atoms with Crippen LogP contribution in [0, 0.1) is 5.82 Å². The maximum atomic E-state index is 13.5. The Morgan fingerprint density at radius 2 is 2.06 bits per heavy atom. The van der Waals surface area contributed by atoms with E-state index in [0.717, 1.165) is 35.2 Å². The maximum Gasteiger partial charge on any atom is 0.286 e. The first kappa shape index (κ1) is 21.8. The Morgan fingerprint density at radius 3 is 2.77 bits per heavy atom. The van der Waals surface area contributed by atoms with Gasteiger partial charge in [-0.05, 0) is 48.7 Å². The third-order valence-electron chi connectivity index (χ3n) is 5.54. The lowest BCUT2D eigenvalue weighted by Crippen LogP contribution is -2.45. The second kappa shape index (κ2) is 9.80. The van der Waals surface area contributed by atoms with Crippen molar-refractivity contribution in [3.63, 3.8) is 0 Å². The van der Waals surface area contributed by atoms with Gasteiger partial charge in [-0.3, -0.25) is 19.8 Å². The number of morpholine rings is 1. The molecule has 0 aliphatic carbocycles. The first-order valence-corrected chi connectivity index (χ1v) is 11.2. The van der Waals surface area contributed by atoms with E-state index in [0.29, 0.717) is 26.2 Å². The highest BCUT2D eigenvalue weighted by Crippen LogP contribution is 2.25. The number of nitrogens with zero attached hydrogens (tertiary/aromatic N) is 1. The zero-order chi connectivity index (χ0) is 21.8. The van der Waals surface area contributed by atoms with Gasteiger partial charge in [-0.15, -0.1) is 0 Å². The minimum Gasteiger partial charge on any atom is -0.492 e. The quantitative estimate of drug-likeness (QED) is 0.704. The number of benzene rings is 2. The molecule has 0 saturated carbocycles. The zero-order valence-electron chi connectivity index (χ0n) is 17.3. The molecular weight excluding hydrogens is 419 g/mol. The molecule has 164 valence electrons. The van der Waals surface area contributed by atoms with Gasteiger partial charge < -0.3 is 9.47 Å². The van der Waals surface area contributed by atoms with Gasteiger partial charge in [-0.2, -0.15) is 0 Å². The summed E-state index contributed by atoms with van der Waals surface area (Å²) in [6, 6.07) is 14.4. The van der Waals surface area contributed by atoms with Gasteiger partial charge in [0.2, 0.25) is 5.91 Å². The molecule has 8 heteroatoms. The predicted molar refractivity (Wildman–Crippen MR) is 117 cm³/mol. The van der Waals surface area contributed by atoms with E-state index in [1.807, 2.05) is 30.3 Å². The molecule has 2 aromatic carbocycles. The molecule has 2 heterocycles. The summed E-state index contributed by atoms with van der Waals surface area (Å²) < 4.78 is 25.3. The van der Waals surface area contributed by atoms with Crippen LogP contribution in [0.15, 0.2) is 48.5 Å². The van der Waals surface area contributed by atoms with Crippen molar-refractivity contribution in [2.75, 3.05) is 26.3 Å². The number of carbonyl (C=O) groups is 2. The molecular formula is C23H25FN2O4S. The Hall–Kier alpha value is -2.42. The van der Waals surface area contributed by atoms with Crippen molar-refractivity contribution >= 4 is 22.9 Å². The fraction of sp³-hybridized carbons (Fsp3) is 0.391. The highest BCUT2D eigenvalue weighted by molar-refractivity contribution is 8.15. The third-order valence-corrected chi connectivity index (χ3v) is 6.53. The molecule has 0 bridgehead atoms. The van der Waals surface area contributed by atoms with E-state index in [-0.39, 0.29) is 34.4 Å². The fourth-order valence-electron chi connectivity index (χ4n) is 3.76. The summed E-state index contributed by atoms with van der Waals surface area (Å²) >= 11 is 1.03. The largest absolute Gasteiger partial charge is 0.492 e. The number of hydrogen-bond donors (Lipinski definition) is 1. The van der Waals surface area contributed by atoms with Crippen LogP contribution in [-0.4, -0.2) is 53.6 Å². The molecule has 0 spiro atoms. The summed E-state index contributed by atoms with van der Waals surface area (Å²) in [5.74, 6) is 0.271. The number of rotatable bonds is 7. The number of nitrogens with one attached hydrogen (secondary N) is 1. The van der Waals surface area contributed by atoms with E-state index >= 15 is 0 Å². The van der Waals surface area contributed by atoms with E-state index in [4.69, 9.17) is 9.47 Å². The SMILES string of the molecule is CC(COc1ccc(CC2SC(=O)NC2=O)cc1)N1CCOC(c2cccc(F)c2)C1. The molecule has 2 saturated heterocycles. The monoisotopic (exact) mass is 444 g/mol. The van der Waals surface area contributed by atoms with Gasteiger partial charge >= 0.3 is 0 Å². The number of amides is 2. The molecule has 2 aromatic rings. The van der Waals surface area contributed by atoms with Crippen molar-refractivity contribution in [1.29, 1.82) is 0 Å². The lowest BCUT2D eigenvalue weighted by molar-refractivity contribution is -0.118. The molecule has 2 fully saturated rings. The second-order valence-electron chi connectivity index (χ2n) is 7.80. The van der Waals surface area contributed by atoms with Crippen molar-refractivity contribution in [1.82, 2.24) is 10.2 Å². The normalized spacial score (nSPS) is 22.9. The highest BCUT2D eigenvalue weighted by Gasteiger charge is 2.31. The summed E-state index contributed by atoms with van der Waals surface area (Å²) in [7, 11) is 0. The molecule has 2 aliphatic heterocycles. The third kappa shape index (κ3) is 5.64. The first-order chi connectivity index (χ1) is 15.0. The Morgan fingerprint density at radius 1 is 1.26 bits per heavy atom. The highest BCUT2D eigenvalue weighted by atomic mass is 32.2. The predicted octanol–water partition coefficient (Wildman–Crippen LogP) is 3.56. The number of hydrogen-bond acceptors (Lipinski definition) is 6. The van der Waals surface area contributed by atoms with Gasteiger partial charge in [0.1, 0.15) is 18.2 Å². The number of imide groups is 1.